The highest BCUT2D eigenvalue weighted by Crippen LogP contribution is 2.42. The number of carbonyl (C=O) groups excluding carboxylic acids is 1. The lowest BCUT2D eigenvalue weighted by Gasteiger charge is -2.33. The standard InChI is InChI=1S/C10H17NO2/c1-7-10(2,5-9(12)11-7)8-3-4-13-6-8/h7-8H,3-6H2,1-2H3,(H,11,12). The highest BCUT2D eigenvalue weighted by molar-refractivity contribution is 5.79. The lowest BCUT2D eigenvalue weighted by molar-refractivity contribution is -0.119. The minimum atomic E-state index is 0.119. The topological polar surface area (TPSA) is 38.3 Å². The minimum Gasteiger partial charge on any atom is -0.381 e. The van der Waals surface area contributed by atoms with Gasteiger partial charge >= 0.3 is 0 Å². The van der Waals surface area contributed by atoms with E-state index in [0.717, 1.165) is 19.6 Å². The van der Waals surface area contributed by atoms with Crippen LogP contribution in [0, 0.1) is 11.3 Å². The third-order valence-corrected chi connectivity index (χ3v) is 3.77. The predicted molar refractivity (Wildman–Crippen MR) is 49.3 cm³/mol. The normalized spacial score (nSPS) is 45.2. The molecule has 2 fully saturated rings. The minimum absolute atomic E-state index is 0.119. The number of rotatable bonds is 1. The maximum Gasteiger partial charge on any atom is 0.220 e. The van der Waals surface area contributed by atoms with Crippen molar-refractivity contribution in [3.05, 3.63) is 0 Å². The Morgan fingerprint density at radius 1 is 1.62 bits per heavy atom. The van der Waals surface area contributed by atoms with E-state index in [4.69, 9.17) is 4.74 Å². The molecule has 0 bridgehead atoms. The number of ether oxygens (including phenoxy) is 1. The van der Waals surface area contributed by atoms with E-state index in [2.05, 4.69) is 19.2 Å². The van der Waals surface area contributed by atoms with E-state index in [1.165, 1.54) is 0 Å². The van der Waals surface area contributed by atoms with Crippen LogP contribution in [0.2, 0.25) is 0 Å². The van der Waals surface area contributed by atoms with Crippen molar-refractivity contribution in [2.24, 2.45) is 11.3 Å². The fourth-order valence-electron chi connectivity index (χ4n) is 2.51. The Labute approximate surface area is 78.8 Å². The molecule has 2 heterocycles. The Morgan fingerprint density at radius 3 is 2.85 bits per heavy atom. The van der Waals surface area contributed by atoms with Crippen molar-refractivity contribution in [3.63, 3.8) is 0 Å². The van der Waals surface area contributed by atoms with Crippen LogP contribution in [0.5, 0.6) is 0 Å². The fourth-order valence-corrected chi connectivity index (χ4v) is 2.51. The first-order valence-corrected chi connectivity index (χ1v) is 5.00. The van der Waals surface area contributed by atoms with E-state index < -0.39 is 0 Å². The van der Waals surface area contributed by atoms with Gasteiger partial charge in [-0.15, -0.1) is 0 Å². The van der Waals surface area contributed by atoms with Crippen molar-refractivity contribution < 1.29 is 9.53 Å². The average Bonchev–Trinajstić information content (AvgIpc) is 2.61. The molecule has 0 spiro atoms. The van der Waals surface area contributed by atoms with E-state index >= 15 is 0 Å². The molecule has 3 nitrogen and oxygen atoms in total. The van der Waals surface area contributed by atoms with Gasteiger partial charge in [0.1, 0.15) is 0 Å². The van der Waals surface area contributed by atoms with E-state index in [9.17, 15) is 4.79 Å². The molecule has 0 radical (unpaired) electrons. The van der Waals surface area contributed by atoms with Gasteiger partial charge in [-0.1, -0.05) is 6.92 Å². The Hall–Kier alpha value is -0.570. The maximum atomic E-state index is 11.3. The summed E-state index contributed by atoms with van der Waals surface area (Å²) in [5, 5.41) is 2.99. The molecular formula is C10H17NO2. The summed E-state index contributed by atoms with van der Waals surface area (Å²) < 4.78 is 5.38. The summed E-state index contributed by atoms with van der Waals surface area (Å²) in [7, 11) is 0. The zero-order valence-electron chi connectivity index (χ0n) is 8.30. The van der Waals surface area contributed by atoms with Crippen molar-refractivity contribution in [1.29, 1.82) is 0 Å². The molecule has 3 unspecified atom stereocenters. The highest BCUT2D eigenvalue weighted by atomic mass is 16.5. The summed E-state index contributed by atoms with van der Waals surface area (Å²) >= 11 is 0. The van der Waals surface area contributed by atoms with E-state index in [1.807, 2.05) is 0 Å². The molecule has 3 heteroatoms. The van der Waals surface area contributed by atoms with Gasteiger partial charge < -0.3 is 10.1 Å². The highest BCUT2D eigenvalue weighted by Gasteiger charge is 2.47. The fraction of sp³-hybridized carbons (Fsp3) is 0.900. The molecule has 0 aromatic carbocycles. The smallest absolute Gasteiger partial charge is 0.220 e. The molecule has 2 rings (SSSR count). The van der Waals surface area contributed by atoms with Crippen LogP contribution in [0.4, 0.5) is 0 Å². The number of nitrogens with one attached hydrogen (secondary N) is 1. The van der Waals surface area contributed by atoms with Gasteiger partial charge in [0.05, 0.1) is 6.61 Å². The first-order chi connectivity index (χ1) is 6.13. The third kappa shape index (κ3) is 1.35. The Bertz CT molecular complexity index is 223. The van der Waals surface area contributed by atoms with Gasteiger partial charge in [0.15, 0.2) is 0 Å². The molecule has 2 aliphatic rings. The van der Waals surface area contributed by atoms with Crippen LogP contribution in [-0.4, -0.2) is 25.2 Å². The second kappa shape index (κ2) is 2.98. The monoisotopic (exact) mass is 183 g/mol. The van der Waals surface area contributed by atoms with Gasteiger partial charge in [-0.05, 0) is 19.3 Å². The van der Waals surface area contributed by atoms with Crippen LogP contribution >= 0.6 is 0 Å². The number of carbonyl (C=O) groups is 1. The number of amides is 1. The third-order valence-electron chi connectivity index (χ3n) is 3.77. The molecule has 0 aromatic rings. The van der Waals surface area contributed by atoms with Crippen molar-refractivity contribution in [1.82, 2.24) is 5.32 Å². The largest absolute Gasteiger partial charge is 0.381 e. The summed E-state index contributed by atoms with van der Waals surface area (Å²) in [5.74, 6) is 0.753. The Morgan fingerprint density at radius 2 is 2.38 bits per heavy atom. The molecule has 2 aliphatic heterocycles. The second-order valence-corrected chi connectivity index (χ2v) is 4.53. The van der Waals surface area contributed by atoms with E-state index in [1.54, 1.807) is 0 Å². The van der Waals surface area contributed by atoms with Gasteiger partial charge in [0.25, 0.3) is 0 Å². The second-order valence-electron chi connectivity index (χ2n) is 4.53. The van der Waals surface area contributed by atoms with Gasteiger partial charge in [0.2, 0.25) is 5.91 Å². The van der Waals surface area contributed by atoms with E-state index in [-0.39, 0.29) is 11.3 Å². The molecule has 0 aliphatic carbocycles. The molecule has 1 N–H and O–H groups in total. The Kier molecular flexibility index (Phi) is 2.06. The lowest BCUT2D eigenvalue weighted by Crippen LogP contribution is -2.38. The van der Waals surface area contributed by atoms with Crippen molar-refractivity contribution in [2.75, 3.05) is 13.2 Å². The SMILES string of the molecule is CC1NC(=O)CC1(C)C1CCOC1. The van der Waals surface area contributed by atoms with E-state index in [0.29, 0.717) is 18.4 Å². The number of hydrogen-bond acceptors (Lipinski definition) is 2. The predicted octanol–water partition coefficient (Wildman–Crippen LogP) is 0.938. The van der Waals surface area contributed by atoms with Gasteiger partial charge in [-0.25, -0.2) is 0 Å². The molecule has 13 heavy (non-hydrogen) atoms. The zero-order chi connectivity index (χ0) is 9.47. The summed E-state index contributed by atoms with van der Waals surface area (Å²) in [4.78, 5) is 11.3. The first kappa shape index (κ1) is 9.00. The Balaban J connectivity index is 2.14. The van der Waals surface area contributed by atoms with Crippen LogP contribution < -0.4 is 5.32 Å². The lowest BCUT2D eigenvalue weighted by atomic mass is 9.71. The zero-order valence-corrected chi connectivity index (χ0v) is 8.30. The van der Waals surface area contributed by atoms with Gasteiger partial charge in [-0.3, -0.25) is 4.79 Å². The molecule has 0 saturated carbocycles. The summed E-state index contributed by atoms with van der Waals surface area (Å²) in [6.45, 7) is 6.00. The summed E-state index contributed by atoms with van der Waals surface area (Å²) in [6.07, 6.45) is 1.78. The van der Waals surface area contributed by atoms with Crippen LogP contribution in [0.1, 0.15) is 26.7 Å². The maximum absolute atomic E-state index is 11.3. The summed E-state index contributed by atoms with van der Waals surface area (Å²) in [5.41, 5.74) is 0.119. The van der Waals surface area contributed by atoms with Crippen molar-refractivity contribution >= 4 is 5.91 Å². The quantitative estimate of drug-likeness (QED) is 0.657. The number of hydrogen-bond donors (Lipinski definition) is 1. The van der Waals surface area contributed by atoms with Gasteiger partial charge in [0, 0.05) is 24.5 Å². The van der Waals surface area contributed by atoms with Crippen LogP contribution in [-0.2, 0) is 9.53 Å². The molecule has 3 atom stereocenters. The van der Waals surface area contributed by atoms with Crippen molar-refractivity contribution in [2.45, 2.75) is 32.7 Å². The van der Waals surface area contributed by atoms with Crippen LogP contribution in [0.3, 0.4) is 0 Å². The molecule has 0 aromatic heterocycles. The molecule has 2 saturated heterocycles. The van der Waals surface area contributed by atoms with Crippen molar-refractivity contribution in [3.8, 4) is 0 Å². The summed E-state index contributed by atoms with van der Waals surface area (Å²) in [6, 6.07) is 0.298. The van der Waals surface area contributed by atoms with Crippen LogP contribution in [0.25, 0.3) is 0 Å². The average molecular weight is 183 g/mol. The molecule has 74 valence electrons. The molecule has 1 amide bonds. The molecular weight excluding hydrogens is 166 g/mol. The van der Waals surface area contributed by atoms with Gasteiger partial charge in [-0.2, -0.15) is 0 Å². The van der Waals surface area contributed by atoms with Crippen LogP contribution in [0.15, 0.2) is 0 Å². The first-order valence-electron chi connectivity index (χ1n) is 5.00.